The van der Waals surface area contributed by atoms with E-state index >= 15 is 0 Å². The summed E-state index contributed by atoms with van der Waals surface area (Å²) in [6, 6.07) is 0. The summed E-state index contributed by atoms with van der Waals surface area (Å²) in [5.74, 6) is -0.326. The van der Waals surface area contributed by atoms with Gasteiger partial charge in [-0.25, -0.2) is 4.79 Å². The molecule has 0 aliphatic heterocycles. The van der Waals surface area contributed by atoms with Crippen LogP contribution in [0.2, 0.25) is 0 Å². The van der Waals surface area contributed by atoms with E-state index in [4.69, 9.17) is 26.9 Å². The van der Waals surface area contributed by atoms with E-state index in [-0.39, 0.29) is 11.7 Å². The lowest BCUT2D eigenvalue weighted by Gasteiger charge is -2.15. The fraction of sp³-hybridized carbons (Fsp3) is 0.625. The van der Waals surface area contributed by atoms with E-state index in [2.05, 4.69) is 0 Å². The van der Waals surface area contributed by atoms with Crippen LogP contribution in [0.1, 0.15) is 27.2 Å². The lowest BCUT2D eigenvalue weighted by molar-refractivity contribution is -0.140. The quantitative estimate of drug-likeness (QED) is 0.327. The van der Waals surface area contributed by atoms with Crippen molar-refractivity contribution in [1.82, 2.24) is 0 Å². The first-order valence-electron chi connectivity index (χ1n) is 4.15. The standard InChI is InChI=1S/C8H14Cl2O2Si/c1-4-6(3)8(11)12-7(5-2)13(9)10/h4,7,13H,5H2,1-3H3. The SMILES string of the molecule is CC=C(C)C(=O)OC(CC)[SiH](Cl)Cl. The summed E-state index contributed by atoms with van der Waals surface area (Å²) in [4.78, 5) is 11.3. The third-order valence-corrected chi connectivity index (χ3v) is 4.55. The van der Waals surface area contributed by atoms with Crippen molar-refractivity contribution in [2.75, 3.05) is 0 Å². The Labute approximate surface area is 89.9 Å². The van der Waals surface area contributed by atoms with Crippen molar-refractivity contribution in [1.29, 1.82) is 0 Å². The Morgan fingerprint density at radius 3 is 2.46 bits per heavy atom. The highest BCUT2D eigenvalue weighted by Crippen LogP contribution is 2.12. The van der Waals surface area contributed by atoms with E-state index in [9.17, 15) is 4.79 Å². The number of halogens is 2. The number of ether oxygens (including phenoxy) is 1. The molecule has 76 valence electrons. The molecule has 0 aromatic heterocycles. The summed E-state index contributed by atoms with van der Waals surface area (Å²) < 4.78 is 5.10. The maximum absolute atomic E-state index is 11.3. The van der Waals surface area contributed by atoms with Gasteiger partial charge in [-0.2, -0.15) is 0 Å². The summed E-state index contributed by atoms with van der Waals surface area (Å²) in [6.07, 6.45) is 2.38. The highest BCUT2D eigenvalue weighted by atomic mass is 35.7. The minimum atomic E-state index is -1.92. The van der Waals surface area contributed by atoms with Crippen LogP contribution in [0.5, 0.6) is 0 Å². The molecule has 0 fully saturated rings. The predicted molar refractivity (Wildman–Crippen MR) is 58.5 cm³/mol. The summed E-state index contributed by atoms with van der Waals surface area (Å²) >= 11 is 11.5. The van der Waals surface area contributed by atoms with Crippen molar-refractivity contribution in [3.63, 3.8) is 0 Å². The Kier molecular flexibility index (Phi) is 6.46. The molecule has 0 rings (SSSR count). The summed E-state index contributed by atoms with van der Waals surface area (Å²) in [5.41, 5.74) is 0.298. The van der Waals surface area contributed by atoms with Crippen LogP contribution in [0.15, 0.2) is 11.6 Å². The third kappa shape index (κ3) is 4.69. The average Bonchev–Trinajstić information content (AvgIpc) is 2.11. The lowest BCUT2D eigenvalue weighted by atomic mass is 10.3. The van der Waals surface area contributed by atoms with Crippen molar-refractivity contribution >= 4 is 35.5 Å². The van der Waals surface area contributed by atoms with E-state index in [1.807, 2.05) is 6.92 Å². The van der Waals surface area contributed by atoms with Gasteiger partial charge in [0.05, 0.1) is 0 Å². The second-order valence-electron chi connectivity index (χ2n) is 2.66. The Morgan fingerprint density at radius 1 is 1.62 bits per heavy atom. The van der Waals surface area contributed by atoms with Gasteiger partial charge in [-0.15, -0.1) is 22.2 Å². The predicted octanol–water partition coefficient (Wildman–Crippen LogP) is 2.51. The number of hydrogen-bond donors (Lipinski definition) is 0. The van der Waals surface area contributed by atoms with Crippen LogP contribution in [0.25, 0.3) is 0 Å². The molecule has 0 radical (unpaired) electrons. The van der Waals surface area contributed by atoms with Crippen molar-refractivity contribution in [2.24, 2.45) is 0 Å². The van der Waals surface area contributed by atoms with Crippen LogP contribution in [0.4, 0.5) is 0 Å². The molecule has 0 aliphatic rings. The second-order valence-corrected chi connectivity index (χ2v) is 7.56. The van der Waals surface area contributed by atoms with Crippen LogP contribution in [-0.4, -0.2) is 19.1 Å². The Balaban J connectivity index is 4.17. The zero-order valence-corrected chi connectivity index (χ0v) is 10.7. The first kappa shape index (κ1) is 13.0. The summed E-state index contributed by atoms with van der Waals surface area (Å²) in [6.45, 7) is 5.38. The van der Waals surface area contributed by atoms with Crippen molar-refractivity contribution in [3.8, 4) is 0 Å². The van der Waals surface area contributed by atoms with Gasteiger partial charge in [0.2, 0.25) is 0 Å². The van der Waals surface area contributed by atoms with E-state index in [1.54, 1.807) is 19.9 Å². The number of rotatable bonds is 4. The van der Waals surface area contributed by atoms with Crippen molar-refractivity contribution in [2.45, 2.75) is 32.9 Å². The zero-order valence-electron chi connectivity index (χ0n) is 8.01. The van der Waals surface area contributed by atoms with Crippen LogP contribution in [0, 0.1) is 0 Å². The molecular formula is C8H14Cl2O2Si. The van der Waals surface area contributed by atoms with Crippen molar-refractivity contribution in [3.05, 3.63) is 11.6 Å². The van der Waals surface area contributed by atoms with E-state index < -0.39 is 7.42 Å². The highest BCUT2D eigenvalue weighted by Gasteiger charge is 2.21. The average molecular weight is 241 g/mol. The van der Waals surface area contributed by atoms with E-state index in [1.165, 1.54) is 0 Å². The summed E-state index contributed by atoms with van der Waals surface area (Å²) in [5, 5.41) is 0. The Hall–Kier alpha value is 0.00688. The van der Waals surface area contributed by atoms with Crippen LogP contribution in [-0.2, 0) is 9.53 Å². The molecule has 0 aromatic rings. The molecule has 0 aliphatic carbocycles. The Morgan fingerprint density at radius 2 is 2.15 bits per heavy atom. The van der Waals surface area contributed by atoms with E-state index in [0.29, 0.717) is 12.0 Å². The number of carbonyl (C=O) groups is 1. The van der Waals surface area contributed by atoms with Crippen LogP contribution in [0.3, 0.4) is 0 Å². The van der Waals surface area contributed by atoms with Gasteiger partial charge in [0, 0.05) is 5.57 Å². The molecule has 5 heteroatoms. The van der Waals surface area contributed by atoms with Gasteiger partial charge in [-0.3, -0.25) is 0 Å². The normalized spacial score (nSPS) is 14.5. The smallest absolute Gasteiger partial charge is 0.333 e. The molecule has 0 spiro atoms. The topological polar surface area (TPSA) is 26.3 Å². The third-order valence-electron chi connectivity index (χ3n) is 1.70. The molecule has 0 aromatic carbocycles. The molecule has 0 bridgehead atoms. The number of allylic oxidation sites excluding steroid dienone is 1. The lowest BCUT2D eigenvalue weighted by Crippen LogP contribution is -2.27. The zero-order chi connectivity index (χ0) is 10.4. The van der Waals surface area contributed by atoms with Crippen LogP contribution < -0.4 is 0 Å². The number of hydrogen-bond acceptors (Lipinski definition) is 2. The van der Waals surface area contributed by atoms with Gasteiger partial charge in [-0.1, -0.05) is 13.0 Å². The minimum Gasteiger partial charge on any atom is -0.460 e. The first-order valence-corrected chi connectivity index (χ1v) is 8.30. The second kappa shape index (κ2) is 6.46. The first-order chi connectivity index (χ1) is 6.02. The van der Waals surface area contributed by atoms with Crippen molar-refractivity contribution < 1.29 is 9.53 Å². The largest absolute Gasteiger partial charge is 0.460 e. The monoisotopic (exact) mass is 240 g/mol. The van der Waals surface area contributed by atoms with Gasteiger partial charge < -0.3 is 4.74 Å². The van der Waals surface area contributed by atoms with Gasteiger partial charge in [0.25, 0.3) is 7.42 Å². The summed E-state index contributed by atoms with van der Waals surface area (Å²) in [7, 11) is -1.92. The van der Waals surface area contributed by atoms with Gasteiger partial charge in [0.15, 0.2) is 0 Å². The molecule has 0 heterocycles. The highest BCUT2D eigenvalue weighted by molar-refractivity contribution is 7.34. The van der Waals surface area contributed by atoms with E-state index in [0.717, 1.165) is 0 Å². The molecular weight excluding hydrogens is 227 g/mol. The number of carbonyl (C=O) groups excluding carboxylic acids is 1. The minimum absolute atomic E-state index is 0.286. The van der Waals surface area contributed by atoms with Gasteiger partial charge in [0.1, 0.15) is 5.73 Å². The molecule has 1 atom stereocenters. The Bertz CT molecular complexity index is 204. The molecule has 0 saturated heterocycles. The number of esters is 1. The fourth-order valence-corrected chi connectivity index (χ4v) is 2.62. The molecule has 0 amide bonds. The molecule has 0 saturated carbocycles. The maximum Gasteiger partial charge on any atom is 0.333 e. The molecule has 13 heavy (non-hydrogen) atoms. The molecule has 1 unspecified atom stereocenters. The van der Waals surface area contributed by atoms with Gasteiger partial charge >= 0.3 is 5.97 Å². The van der Waals surface area contributed by atoms with Gasteiger partial charge in [-0.05, 0) is 20.3 Å². The fourth-order valence-electron chi connectivity index (χ4n) is 0.661. The molecule has 2 nitrogen and oxygen atoms in total. The maximum atomic E-state index is 11.3. The van der Waals surface area contributed by atoms with Crippen LogP contribution >= 0.6 is 22.2 Å². The molecule has 0 N–H and O–H groups in total.